The van der Waals surface area contributed by atoms with Gasteiger partial charge in [0.2, 0.25) is 0 Å². The summed E-state index contributed by atoms with van der Waals surface area (Å²) in [4.78, 5) is 38.6. The summed E-state index contributed by atoms with van der Waals surface area (Å²) in [5.74, 6) is 2.29. The zero-order valence-electron chi connectivity index (χ0n) is 17.8. The first-order valence-electron chi connectivity index (χ1n) is 10.6. The average Bonchev–Trinajstić information content (AvgIpc) is 3.57. The van der Waals surface area contributed by atoms with E-state index in [0.717, 1.165) is 32.4 Å². The highest BCUT2D eigenvalue weighted by atomic mass is 32.1. The van der Waals surface area contributed by atoms with E-state index in [1.165, 1.54) is 23.9 Å². The van der Waals surface area contributed by atoms with Crippen LogP contribution < -0.4 is 9.47 Å². The van der Waals surface area contributed by atoms with Gasteiger partial charge in [0.25, 0.3) is 18.3 Å². The zero-order valence-corrected chi connectivity index (χ0v) is 18.6. The van der Waals surface area contributed by atoms with Gasteiger partial charge in [-0.05, 0) is 37.2 Å². The van der Waals surface area contributed by atoms with Gasteiger partial charge in [-0.25, -0.2) is 0 Å². The van der Waals surface area contributed by atoms with Crippen molar-refractivity contribution in [3.8, 4) is 11.5 Å². The molecule has 1 aliphatic carbocycles. The van der Waals surface area contributed by atoms with Crippen LogP contribution in [0.1, 0.15) is 39.3 Å². The van der Waals surface area contributed by atoms with Crippen LogP contribution in [0.4, 0.5) is 0 Å². The number of amides is 2. The Morgan fingerprint density at radius 2 is 2.00 bits per heavy atom. The van der Waals surface area contributed by atoms with E-state index in [4.69, 9.17) is 23.8 Å². The lowest BCUT2D eigenvalue weighted by Crippen LogP contribution is -2.42. The van der Waals surface area contributed by atoms with Gasteiger partial charge in [0.1, 0.15) is 24.4 Å². The fraction of sp³-hybridized carbons (Fsp3) is 0.500. The molecule has 4 heterocycles. The first kappa shape index (κ1) is 22.2. The summed E-state index contributed by atoms with van der Waals surface area (Å²) in [5, 5.41) is 8.75. The third-order valence-electron chi connectivity index (χ3n) is 6.46. The SMILES string of the molecule is CN(C(=O)c1ccoc1)[C@H]1C[C@H]2CCN(C(=O)c3scc4c3OCCO4)C[C@H]2C1.O=CO. The Bertz CT molecular complexity index is 958. The average molecular weight is 463 g/mol. The van der Waals surface area contributed by atoms with Gasteiger partial charge in [0.15, 0.2) is 11.5 Å². The third kappa shape index (κ3) is 4.32. The first-order valence-corrected chi connectivity index (χ1v) is 11.4. The number of carboxylic acid groups (broad SMARTS) is 1. The molecule has 3 aliphatic rings. The molecule has 1 saturated carbocycles. The monoisotopic (exact) mass is 462 g/mol. The van der Waals surface area contributed by atoms with Gasteiger partial charge in [-0.15, -0.1) is 11.3 Å². The Morgan fingerprint density at radius 3 is 2.75 bits per heavy atom. The van der Waals surface area contributed by atoms with Gasteiger partial charge in [-0.2, -0.15) is 0 Å². The highest BCUT2D eigenvalue weighted by molar-refractivity contribution is 7.12. The maximum atomic E-state index is 13.1. The number of nitrogens with zero attached hydrogens (tertiary/aromatic N) is 2. The molecule has 2 aromatic rings. The standard InChI is InChI=1S/C21H24N2O5S.CH2O2/c1-22(20(24)14-3-5-26-11-14)16-8-13-2-4-23(10-15(13)9-16)21(25)19-18-17(12-29-19)27-6-7-28-18;2-1-3/h3,5,11-13,15-16H,2,4,6-10H2,1H3;1H,(H,2,3)/t13-,15-,16+;/m1./s1. The lowest BCUT2D eigenvalue weighted by Gasteiger charge is -2.34. The minimum absolute atomic E-state index is 0.00214. The Balaban J connectivity index is 0.000000775. The summed E-state index contributed by atoms with van der Waals surface area (Å²) < 4.78 is 16.3. The number of hydrogen-bond donors (Lipinski definition) is 1. The van der Waals surface area contributed by atoms with Crippen molar-refractivity contribution in [2.45, 2.75) is 25.3 Å². The van der Waals surface area contributed by atoms with Crippen molar-refractivity contribution in [3.05, 3.63) is 34.4 Å². The van der Waals surface area contributed by atoms with Crippen molar-refractivity contribution in [2.75, 3.05) is 33.4 Å². The predicted octanol–water partition coefficient (Wildman–Crippen LogP) is 2.83. The van der Waals surface area contributed by atoms with Gasteiger partial charge in [-0.3, -0.25) is 14.4 Å². The van der Waals surface area contributed by atoms with E-state index in [-0.39, 0.29) is 24.3 Å². The fourth-order valence-corrected chi connectivity index (χ4v) is 5.76. The lowest BCUT2D eigenvalue weighted by atomic mass is 9.88. The van der Waals surface area contributed by atoms with Crippen LogP contribution in [0.25, 0.3) is 0 Å². The van der Waals surface area contributed by atoms with Crippen molar-refractivity contribution < 1.29 is 33.4 Å². The highest BCUT2D eigenvalue weighted by Crippen LogP contribution is 2.43. The van der Waals surface area contributed by atoms with Crippen LogP contribution in [0.2, 0.25) is 0 Å². The molecule has 2 aromatic heterocycles. The summed E-state index contributed by atoms with van der Waals surface area (Å²) in [6.45, 7) is 2.24. The van der Waals surface area contributed by atoms with Crippen LogP contribution in [0.15, 0.2) is 28.4 Å². The second-order valence-electron chi connectivity index (χ2n) is 8.17. The summed E-state index contributed by atoms with van der Waals surface area (Å²) >= 11 is 1.40. The molecule has 10 heteroatoms. The summed E-state index contributed by atoms with van der Waals surface area (Å²) in [6, 6.07) is 1.91. The van der Waals surface area contributed by atoms with Crippen LogP contribution in [0, 0.1) is 11.8 Å². The van der Waals surface area contributed by atoms with E-state index < -0.39 is 0 Å². The van der Waals surface area contributed by atoms with Gasteiger partial charge in [-0.1, -0.05) is 0 Å². The van der Waals surface area contributed by atoms with E-state index in [0.29, 0.717) is 47.0 Å². The molecule has 0 unspecified atom stereocenters. The van der Waals surface area contributed by atoms with Crippen LogP contribution in [-0.4, -0.2) is 72.6 Å². The van der Waals surface area contributed by atoms with Crippen molar-refractivity contribution in [3.63, 3.8) is 0 Å². The molecular weight excluding hydrogens is 436 g/mol. The van der Waals surface area contributed by atoms with Gasteiger partial charge < -0.3 is 28.8 Å². The van der Waals surface area contributed by atoms with Gasteiger partial charge in [0, 0.05) is 31.6 Å². The Labute approximate surface area is 189 Å². The van der Waals surface area contributed by atoms with Crippen LogP contribution in [0.5, 0.6) is 11.5 Å². The molecule has 0 bridgehead atoms. The van der Waals surface area contributed by atoms with E-state index in [9.17, 15) is 9.59 Å². The van der Waals surface area contributed by atoms with E-state index >= 15 is 0 Å². The number of likely N-dealkylation sites (tertiary alicyclic amines) is 1. The van der Waals surface area contributed by atoms with Crippen molar-refractivity contribution >= 4 is 29.6 Å². The van der Waals surface area contributed by atoms with Gasteiger partial charge >= 0.3 is 0 Å². The molecule has 2 aliphatic heterocycles. The Hall–Kier alpha value is -3.01. The highest BCUT2D eigenvalue weighted by Gasteiger charge is 2.42. The summed E-state index contributed by atoms with van der Waals surface area (Å²) in [6.07, 6.45) is 5.92. The van der Waals surface area contributed by atoms with E-state index in [1.807, 2.05) is 22.2 Å². The molecule has 0 spiro atoms. The second-order valence-corrected chi connectivity index (χ2v) is 9.05. The number of ether oxygens (including phenoxy) is 2. The Morgan fingerprint density at radius 1 is 1.25 bits per heavy atom. The summed E-state index contributed by atoms with van der Waals surface area (Å²) in [5.41, 5.74) is 0.587. The molecule has 172 valence electrons. The molecule has 0 aromatic carbocycles. The van der Waals surface area contributed by atoms with Crippen molar-refractivity contribution in [1.29, 1.82) is 0 Å². The largest absolute Gasteiger partial charge is 0.485 e. The molecule has 5 rings (SSSR count). The predicted molar refractivity (Wildman–Crippen MR) is 115 cm³/mol. The smallest absolute Gasteiger partial charge is 0.290 e. The number of fused-ring (bicyclic) bond motifs is 2. The van der Waals surface area contributed by atoms with Gasteiger partial charge in [0.05, 0.1) is 11.8 Å². The van der Waals surface area contributed by atoms with Crippen molar-refractivity contribution in [1.82, 2.24) is 9.80 Å². The number of hydrogen-bond acceptors (Lipinski definition) is 7. The normalized spacial score (nSPS) is 23.5. The molecule has 1 saturated heterocycles. The zero-order chi connectivity index (χ0) is 22.7. The van der Waals surface area contributed by atoms with Crippen LogP contribution in [-0.2, 0) is 4.79 Å². The first-order chi connectivity index (χ1) is 15.5. The molecule has 2 fully saturated rings. The number of thiophene rings is 1. The minimum Gasteiger partial charge on any atom is -0.485 e. The summed E-state index contributed by atoms with van der Waals surface area (Å²) in [7, 11) is 1.87. The maximum Gasteiger partial charge on any atom is 0.290 e. The Kier molecular flexibility index (Phi) is 6.69. The maximum absolute atomic E-state index is 13.1. The molecular formula is C22H26N2O7S. The number of carbonyl (C=O) groups excluding carboxylic acids is 2. The number of rotatable bonds is 3. The van der Waals surface area contributed by atoms with E-state index in [2.05, 4.69) is 0 Å². The number of carbonyl (C=O) groups is 3. The molecule has 1 N–H and O–H groups in total. The lowest BCUT2D eigenvalue weighted by molar-refractivity contribution is -0.122. The molecule has 32 heavy (non-hydrogen) atoms. The van der Waals surface area contributed by atoms with Crippen LogP contribution in [0.3, 0.4) is 0 Å². The van der Waals surface area contributed by atoms with Crippen LogP contribution >= 0.6 is 11.3 Å². The molecule has 2 amide bonds. The number of furan rings is 1. The fourth-order valence-electron chi connectivity index (χ4n) is 4.86. The topological polar surface area (TPSA) is 110 Å². The van der Waals surface area contributed by atoms with Crippen molar-refractivity contribution in [2.24, 2.45) is 11.8 Å². The van der Waals surface area contributed by atoms with E-state index in [1.54, 1.807) is 6.07 Å². The molecule has 3 atom stereocenters. The number of piperidine rings is 1. The minimum atomic E-state index is -0.250. The third-order valence-corrected chi connectivity index (χ3v) is 7.39. The molecule has 0 radical (unpaired) electrons. The second kappa shape index (κ2) is 9.64. The molecule has 9 nitrogen and oxygen atoms in total. The quantitative estimate of drug-likeness (QED) is 0.699.